The minimum absolute atomic E-state index is 0.578. The minimum atomic E-state index is 0.578. The van der Waals surface area contributed by atoms with Crippen molar-refractivity contribution in [3.05, 3.63) is 59.2 Å². The Bertz CT molecular complexity index is 501. The number of benzene rings is 2. The summed E-state index contributed by atoms with van der Waals surface area (Å²) in [5, 5.41) is 0. The van der Waals surface area contributed by atoms with Crippen LogP contribution in [-0.2, 0) is 13.1 Å². The van der Waals surface area contributed by atoms with E-state index in [1.807, 2.05) is 0 Å². The SMILES string of the molecule is Cc1ccc(CN)cc1-c1ccc(CN)cc1. The molecule has 2 aromatic rings. The lowest BCUT2D eigenvalue weighted by molar-refractivity contribution is 1.07. The second-order valence-electron chi connectivity index (χ2n) is 4.25. The average Bonchev–Trinajstić information content (AvgIpc) is 2.39. The summed E-state index contributed by atoms with van der Waals surface area (Å²) in [4.78, 5) is 0. The third-order valence-corrected chi connectivity index (χ3v) is 3.04. The van der Waals surface area contributed by atoms with Gasteiger partial charge in [-0.2, -0.15) is 0 Å². The quantitative estimate of drug-likeness (QED) is 0.845. The smallest absolute Gasteiger partial charge is 0.0178 e. The number of hydrogen-bond donors (Lipinski definition) is 2. The van der Waals surface area contributed by atoms with Gasteiger partial charge in [0.2, 0.25) is 0 Å². The maximum absolute atomic E-state index is 5.68. The zero-order valence-electron chi connectivity index (χ0n) is 10.1. The number of aryl methyl sites for hydroxylation is 1. The van der Waals surface area contributed by atoms with Crippen LogP contribution >= 0.6 is 0 Å². The van der Waals surface area contributed by atoms with Crippen molar-refractivity contribution in [2.24, 2.45) is 11.5 Å². The maximum Gasteiger partial charge on any atom is 0.0178 e. The Morgan fingerprint density at radius 2 is 1.41 bits per heavy atom. The predicted octanol–water partition coefficient (Wildman–Crippen LogP) is 2.58. The summed E-state index contributed by atoms with van der Waals surface area (Å²) >= 11 is 0. The van der Waals surface area contributed by atoms with Crippen LogP contribution in [0.3, 0.4) is 0 Å². The average molecular weight is 226 g/mol. The van der Waals surface area contributed by atoms with Gasteiger partial charge < -0.3 is 11.5 Å². The summed E-state index contributed by atoms with van der Waals surface area (Å²) in [7, 11) is 0. The molecule has 2 rings (SSSR count). The van der Waals surface area contributed by atoms with E-state index in [0.717, 1.165) is 11.1 Å². The summed E-state index contributed by atoms with van der Waals surface area (Å²) in [5.41, 5.74) is 17.3. The van der Waals surface area contributed by atoms with Crippen molar-refractivity contribution in [3.8, 4) is 11.1 Å². The second-order valence-corrected chi connectivity index (χ2v) is 4.25. The third kappa shape index (κ3) is 2.54. The normalized spacial score (nSPS) is 10.5. The van der Waals surface area contributed by atoms with Crippen LogP contribution in [-0.4, -0.2) is 0 Å². The van der Waals surface area contributed by atoms with Gasteiger partial charge in [-0.1, -0.05) is 36.4 Å². The fourth-order valence-corrected chi connectivity index (χ4v) is 1.93. The third-order valence-electron chi connectivity index (χ3n) is 3.04. The summed E-state index contributed by atoms with van der Waals surface area (Å²) in [6.45, 7) is 3.28. The largest absolute Gasteiger partial charge is 0.326 e. The number of rotatable bonds is 3. The Labute approximate surface area is 102 Å². The Balaban J connectivity index is 2.43. The highest BCUT2D eigenvalue weighted by molar-refractivity contribution is 5.68. The van der Waals surface area contributed by atoms with E-state index in [1.54, 1.807) is 0 Å². The monoisotopic (exact) mass is 226 g/mol. The fraction of sp³-hybridized carbons (Fsp3) is 0.200. The second kappa shape index (κ2) is 5.13. The first-order chi connectivity index (χ1) is 8.24. The van der Waals surface area contributed by atoms with Crippen molar-refractivity contribution in [2.45, 2.75) is 20.0 Å². The van der Waals surface area contributed by atoms with E-state index in [9.17, 15) is 0 Å². The molecule has 2 heteroatoms. The van der Waals surface area contributed by atoms with Gasteiger partial charge in [0.15, 0.2) is 0 Å². The summed E-state index contributed by atoms with van der Waals surface area (Å²) < 4.78 is 0. The fourth-order valence-electron chi connectivity index (χ4n) is 1.93. The molecule has 0 atom stereocenters. The molecular weight excluding hydrogens is 208 g/mol. The number of hydrogen-bond acceptors (Lipinski definition) is 2. The van der Waals surface area contributed by atoms with Gasteiger partial charge >= 0.3 is 0 Å². The topological polar surface area (TPSA) is 52.0 Å². The maximum atomic E-state index is 5.68. The summed E-state index contributed by atoms with van der Waals surface area (Å²) in [6.07, 6.45) is 0. The highest BCUT2D eigenvalue weighted by atomic mass is 14.5. The predicted molar refractivity (Wildman–Crippen MR) is 72.4 cm³/mol. The lowest BCUT2D eigenvalue weighted by atomic mass is 9.97. The molecule has 0 saturated heterocycles. The van der Waals surface area contributed by atoms with Crippen molar-refractivity contribution < 1.29 is 0 Å². The first-order valence-electron chi connectivity index (χ1n) is 5.83. The van der Waals surface area contributed by atoms with E-state index in [2.05, 4.69) is 49.4 Å². The van der Waals surface area contributed by atoms with Crippen LogP contribution in [0.15, 0.2) is 42.5 Å². The molecule has 0 aromatic heterocycles. The van der Waals surface area contributed by atoms with E-state index in [1.165, 1.54) is 16.7 Å². The zero-order valence-corrected chi connectivity index (χ0v) is 10.1. The number of nitrogens with two attached hydrogens (primary N) is 2. The standard InChI is InChI=1S/C15H18N2/c1-11-2-3-13(10-17)8-15(11)14-6-4-12(9-16)5-7-14/h2-8H,9-10,16-17H2,1H3. The molecule has 0 amide bonds. The first kappa shape index (κ1) is 11.8. The van der Waals surface area contributed by atoms with Crippen LogP contribution in [0.2, 0.25) is 0 Å². The van der Waals surface area contributed by atoms with Gasteiger partial charge in [0.05, 0.1) is 0 Å². The molecule has 0 spiro atoms. The molecule has 2 aromatic carbocycles. The summed E-state index contributed by atoms with van der Waals surface area (Å²) in [6, 6.07) is 14.7. The van der Waals surface area contributed by atoms with Crippen LogP contribution in [0.4, 0.5) is 0 Å². The van der Waals surface area contributed by atoms with Crippen LogP contribution in [0.1, 0.15) is 16.7 Å². The molecule has 0 aliphatic rings. The van der Waals surface area contributed by atoms with E-state index < -0.39 is 0 Å². The van der Waals surface area contributed by atoms with E-state index in [0.29, 0.717) is 13.1 Å². The van der Waals surface area contributed by atoms with Crippen LogP contribution in [0, 0.1) is 6.92 Å². The molecule has 0 radical (unpaired) electrons. The van der Waals surface area contributed by atoms with Crippen LogP contribution in [0.25, 0.3) is 11.1 Å². The van der Waals surface area contributed by atoms with Gasteiger partial charge in [0, 0.05) is 13.1 Å². The van der Waals surface area contributed by atoms with E-state index >= 15 is 0 Å². The van der Waals surface area contributed by atoms with Gasteiger partial charge in [-0.3, -0.25) is 0 Å². The van der Waals surface area contributed by atoms with Gasteiger partial charge in [0.25, 0.3) is 0 Å². The van der Waals surface area contributed by atoms with Gasteiger partial charge in [-0.05, 0) is 40.8 Å². The van der Waals surface area contributed by atoms with Gasteiger partial charge in [0.1, 0.15) is 0 Å². The van der Waals surface area contributed by atoms with Crippen molar-refractivity contribution >= 4 is 0 Å². The molecular formula is C15H18N2. The molecule has 0 fully saturated rings. The molecule has 0 heterocycles. The first-order valence-corrected chi connectivity index (χ1v) is 5.83. The highest BCUT2D eigenvalue weighted by Gasteiger charge is 2.03. The van der Waals surface area contributed by atoms with Crippen LogP contribution < -0.4 is 11.5 Å². The van der Waals surface area contributed by atoms with Crippen LogP contribution in [0.5, 0.6) is 0 Å². The van der Waals surface area contributed by atoms with E-state index in [-0.39, 0.29) is 0 Å². The van der Waals surface area contributed by atoms with Crippen molar-refractivity contribution in [1.29, 1.82) is 0 Å². The molecule has 88 valence electrons. The Morgan fingerprint density at radius 3 is 2.00 bits per heavy atom. The molecule has 4 N–H and O–H groups in total. The zero-order chi connectivity index (χ0) is 12.3. The molecule has 0 aliphatic carbocycles. The minimum Gasteiger partial charge on any atom is -0.326 e. The molecule has 0 aliphatic heterocycles. The van der Waals surface area contributed by atoms with Crippen molar-refractivity contribution in [3.63, 3.8) is 0 Å². The molecule has 0 unspecified atom stereocenters. The lowest BCUT2D eigenvalue weighted by Gasteiger charge is -2.09. The molecule has 0 saturated carbocycles. The van der Waals surface area contributed by atoms with Gasteiger partial charge in [-0.25, -0.2) is 0 Å². The lowest BCUT2D eigenvalue weighted by Crippen LogP contribution is -1.98. The highest BCUT2D eigenvalue weighted by Crippen LogP contribution is 2.24. The Hall–Kier alpha value is -1.64. The Morgan fingerprint density at radius 1 is 0.824 bits per heavy atom. The van der Waals surface area contributed by atoms with Crippen molar-refractivity contribution in [2.75, 3.05) is 0 Å². The van der Waals surface area contributed by atoms with E-state index in [4.69, 9.17) is 11.5 Å². The van der Waals surface area contributed by atoms with Crippen molar-refractivity contribution in [1.82, 2.24) is 0 Å². The molecule has 17 heavy (non-hydrogen) atoms. The summed E-state index contributed by atoms with van der Waals surface area (Å²) in [5.74, 6) is 0. The van der Waals surface area contributed by atoms with Gasteiger partial charge in [-0.15, -0.1) is 0 Å². The Kier molecular flexibility index (Phi) is 3.57. The molecule has 0 bridgehead atoms. The molecule has 2 nitrogen and oxygen atoms in total.